The van der Waals surface area contributed by atoms with E-state index in [9.17, 15) is 18.0 Å². The van der Waals surface area contributed by atoms with Crippen molar-refractivity contribution < 1.29 is 31.8 Å². The van der Waals surface area contributed by atoms with Gasteiger partial charge in [0.2, 0.25) is 11.2 Å². The van der Waals surface area contributed by atoms with Crippen LogP contribution >= 0.6 is 11.8 Å². The third kappa shape index (κ3) is 7.48. The fourth-order valence-electron chi connectivity index (χ4n) is 3.01. The maximum absolute atomic E-state index is 12.9. The summed E-state index contributed by atoms with van der Waals surface area (Å²) in [5.41, 5.74) is -0.642. The van der Waals surface area contributed by atoms with Crippen molar-refractivity contribution >= 4 is 22.7 Å². The van der Waals surface area contributed by atoms with E-state index in [4.69, 9.17) is 18.6 Å². The van der Waals surface area contributed by atoms with Crippen LogP contribution < -0.4 is 10.2 Å². The largest absolute Gasteiger partial charge is 0.487 e. The molecule has 6 nitrogen and oxygen atoms in total. The van der Waals surface area contributed by atoms with Crippen molar-refractivity contribution in [1.29, 1.82) is 0 Å². The summed E-state index contributed by atoms with van der Waals surface area (Å²) >= 11 is 1.58. The first-order chi connectivity index (χ1) is 15.9. The molecule has 10 heteroatoms. The maximum Gasteiger partial charge on any atom is 0.416 e. The monoisotopic (exact) mass is 483 g/mol. The number of unbranched alkanes of at least 4 members (excludes halogenated alkanes) is 2. The first-order valence-electron chi connectivity index (χ1n) is 10.3. The number of benzene rings is 1. The van der Waals surface area contributed by atoms with Crippen molar-refractivity contribution in [1.82, 2.24) is 4.98 Å². The fourth-order valence-corrected chi connectivity index (χ4v) is 4.07. The number of thioether (sulfide) groups is 1. The normalized spacial score (nSPS) is 11.8. The second kappa shape index (κ2) is 12.1. The standard InChI is InChI=1S/C23H24F3NO5S/c1-29-15-30-13-17-12-20(28)21(14-32-17)31-9-3-2-4-10-33-22-7-8-27-19-11-16(23(24,25)26)5-6-18(19)22/h5-8,11-12,14H,2-4,9-10,13,15H2,1H3. The van der Waals surface area contributed by atoms with Gasteiger partial charge in [-0.05, 0) is 43.2 Å². The van der Waals surface area contributed by atoms with Crippen molar-refractivity contribution in [3.8, 4) is 5.75 Å². The van der Waals surface area contributed by atoms with Crippen LogP contribution in [0.1, 0.15) is 30.6 Å². The number of fused-ring (bicyclic) bond motifs is 1. The average molecular weight is 484 g/mol. The van der Waals surface area contributed by atoms with E-state index in [0.717, 1.165) is 42.0 Å². The minimum atomic E-state index is -4.39. The van der Waals surface area contributed by atoms with Crippen molar-refractivity contribution in [2.45, 2.75) is 36.9 Å². The number of nitrogens with zero attached hydrogens (tertiary/aromatic N) is 1. The Morgan fingerprint density at radius 3 is 2.73 bits per heavy atom. The van der Waals surface area contributed by atoms with Crippen LogP contribution in [0.25, 0.3) is 10.9 Å². The van der Waals surface area contributed by atoms with Crippen molar-refractivity contribution in [3.63, 3.8) is 0 Å². The highest BCUT2D eigenvalue weighted by molar-refractivity contribution is 7.99. The van der Waals surface area contributed by atoms with E-state index in [1.165, 1.54) is 31.7 Å². The SMILES string of the molecule is COCOCc1cc(=O)c(OCCCCCSc2ccnc3cc(C(F)(F)F)ccc23)co1. The number of alkyl halides is 3. The smallest absolute Gasteiger partial charge is 0.416 e. The molecule has 0 fully saturated rings. The molecule has 3 rings (SSSR count). The Bertz CT molecular complexity index is 1100. The van der Waals surface area contributed by atoms with E-state index >= 15 is 0 Å². The van der Waals surface area contributed by atoms with Gasteiger partial charge in [0.25, 0.3) is 0 Å². The first-order valence-corrected chi connectivity index (χ1v) is 11.3. The maximum atomic E-state index is 12.9. The van der Waals surface area contributed by atoms with Gasteiger partial charge in [-0.3, -0.25) is 9.78 Å². The van der Waals surface area contributed by atoms with Gasteiger partial charge in [0, 0.05) is 29.7 Å². The molecule has 0 aliphatic carbocycles. The predicted molar refractivity (Wildman–Crippen MR) is 118 cm³/mol. The van der Waals surface area contributed by atoms with E-state index in [0.29, 0.717) is 23.3 Å². The van der Waals surface area contributed by atoms with Gasteiger partial charge in [-0.1, -0.05) is 6.07 Å². The number of halogens is 3. The average Bonchev–Trinajstić information content (AvgIpc) is 2.79. The van der Waals surface area contributed by atoms with Gasteiger partial charge >= 0.3 is 6.18 Å². The zero-order valence-corrected chi connectivity index (χ0v) is 18.8. The van der Waals surface area contributed by atoms with Gasteiger partial charge in [-0.15, -0.1) is 11.8 Å². The molecule has 178 valence electrons. The van der Waals surface area contributed by atoms with Gasteiger partial charge in [0.05, 0.1) is 17.7 Å². The van der Waals surface area contributed by atoms with E-state index in [1.54, 1.807) is 11.8 Å². The molecule has 33 heavy (non-hydrogen) atoms. The van der Waals surface area contributed by atoms with E-state index in [1.807, 2.05) is 6.07 Å². The molecule has 0 N–H and O–H groups in total. The molecule has 0 saturated heterocycles. The van der Waals surface area contributed by atoms with Gasteiger partial charge in [-0.2, -0.15) is 13.2 Å². The van der Waals surface area contributed by atoms with Crippen LogP contribution in [0, 0.1) is 0 Å². The molecule has 2 heterocycles. The lowest BCUT2D eigenvalue weighted by atomic mass is 10.1. The summed E-state index contributed by atoms with van der Waals surface area (Å²) in [5, 5.41) is 0.710. The van der Waals surface area contributed by atoms with E-state index < -0.39 is 11.7 Å². The second-order valence-corrected chi connectivity index (χ2v) is 8.26. The zero-order chi connectivity index (χ0) is 23.7. The van der Waals surface area contributed by atoms with Gasteiger partial charge in [-0.25, -0.2) is 0 Å². The quantitative estimate of drug-likeness (QED) is 0.187. The Hall–Kier alpha value is -2.56. The molecule has 0 saturated carbocycles. The summed E-state index contributed by atoms with van der Waals surface area (Å²) in [6.45, 7) is 0.626. The van der Waals surface area contributed by atoms with Crippen LogP contribution in [0.15, 0.2) is 56.9 Å². The number of ether oxygens (including phenoxy) is 3. The zero-order valence-electron chi connectivity index (χ0n) is 18.0. The summed E-state index contributed by atoms with van der Waals surface area (Å²) in [7, 11) is 1.50. The Morgan fingerprint density at radius 2 is 1.97 bits per heavy atom. The summed E-state index contributed by atoms with van der Waals surface area (Å²) < 4.78 is 59.4. The van der Waals surface area contributed by atoms with Crippen LogP contribution in [-0.2, 0) is 22.3 Å². The van der Waals surface area contributed by atoms with Crippen LogP contribution in [0.2, 0.25) is 0 Å². The van der Waals surface area contributed by atoms with Gasteiger partial charge in [0.1, 0.15) is 25.4 Å². The van der Waals surface area contributed by atoms with Crippen LogP contribution in [0.3, 0.4) is 0 Å². The lowest BCUT2D eigenvalue weighted by Crippen LogP contribution is -2.09. The molecule has 2 aromatic heterocycles. The lowest BCUT2D eigenvalue weighted by Gasteiger charge is -2.10. The molecule has 0 aliphatic rings. The third-order valence-corrected chi connectivity index (χ3v) is 5.79. The third-order valence-electron chi connectivity index (χ3n) is 4.63. The van der Waals surface area contributed by atoms with Crippen LogP contribution in [0.4, 0.5) is 13.2 Å². The molecule has 3 aromatic rings. The Balaban J connectivity index is 1.40. The summed E-state index contributed by atoms with van der Waals surface area (Å²) in [6, 6.07) is 6.78. The molecule has 0 amide bonds. The molecule has 0 unspecified atom stereocenters. The van der Waals surface area contributed by atoms with Crippen LogP contribution in [0.5, 0.6) is 5.75 Å². The number of rotatable bonds is 12. The summed E-state index contributed by atoms with van der Waals surface area (Å²) in [5.74, 6) is 1.35. The Morgan fingerprint density at radius 1 is 1.12 bits per heavy atom. The molecular weight excluding hydrogens is 459 g/mol. The number of hydrogen-bond acceptors (Lipinski definition) is 7. The number of methoxy groups -OCH3 is 1. The molecule has 0 atom stereocenters. The Kier molecular flexibility index (Phi) is 9.16. The van der Waals surface area contributed by atoms with Crippen molar-refractivity contribution in [2.24, 2.45) is 0 Å². The predicted octanol–water partition coefficient (Wildman–Crippen LogP) is 5.67. The number of pyridine rings is 1. The van der Waals surface area contributed by atoms with E-state index in [-0.39, 0.29) is 24.6 Å². The highest BCUT2D eigenvalue weighted by atomic mass is 32.2. The van der Waals surface area contributed by atoms with Crippen LogP contribution in [-0.4, -0.2) is 31.2 Å². The Labute approximate surface area is 193 Å². The first kappa shape index (κ1) is 25.1. The lowest BCUT2D eigenvalue weighted by molar-refractivity contribution is -0.137. The summed E-state index contributed by atoms with van der Waals surface area (Å²) in [6.07, 6.45) is 0.945. The number of hydrogen-bond donors (Lipinski definition) is 0. The topological polar surface area (TPSA) is 70.8 Å². The minimum absolute atomic E-state index is 0.108. The van der Waals surface area contributed by atoms with Gasteiger partial charge < -0.3 is 18.6 Å². The molecule has 0 aliphatic heterocycles. The number of aromatic nitrogens is 1. The molecule has 1 aromatic carbocycles. The highest BCUT2D eigenvalue weighted by Crippen LogP contribution is 2.33. The van der Waals surface area contributed by atoms with Crippen molar-refractivity contribution in [3.05, 3.63) is 64.3 Å². The summed E-state index contributed by atoms with van der Waals surface area (Å²) in [4.78, 5) is 17.0. The van der Waals surface area contributed by atoms with Crippen molar-refractivity contribution in [2.75, 3.05) is 26.3 Å². The molecule has 0 bridgehead atoms. The second-order valence-electron chi connectivity index (χ2n) is 7.13. The molecule has 0 spiro atoms. The minimum Gasteiger partial charge on any atom is -0.487 e. The highest BCUT2D eigenvalue weighted by Gasteiger charge is 2.30. The van der Waals surface area contributed by atoms with E-state index in [2.05, 4.69) is 4.98 Å². The molecular formula is C23H24F3NO5S. The fraction of sp³-hybridized carbons (Fsp3) is 0.391. The molecule has 0 radical (unpaired) electrons. The van der Waals surface area contributed by atoms with Gasteiger partial charge in [0.15, 0.2) is 0 Å².